The molecule has 0 bridgehead atoms. The Kier molecular flexibility index (Phi) is 4.29. The number of rotatable bonds is 3. The molecule has 0 atom stereocenters. The summed E-state index contributed by atoms with van der Waals surface area (Å²) in [5, 5.41) is 7.84. The van der Waals surface area contributed by atoms with Crippen molar-refractivity contribution in [2.45, 2.75) is 13.8 Å². The van der Waals surface area contributed by atoms with E-state index in [4.69, 9.17) is 22.7 Å². The van der Waals surface area contributed by atoms with Crippen LogP contribution in [-0.2, 0) is 0 Å². The number of hydrogen-bond donors (Lipinski definition) is 1. The molecule has 0 amide bonds. The molecule has 2 rings (SSSR count). The lowest BCUT2D eigenvalue weighted by Gasteiger charge is -2.12. The van der Waals surface area contributed by atoms with Crippen LogP contribution in [0.1, 0.15) is 16.8 Å². The lowest BCUT2D eigenvalue weighted by molar-refractivity contribution is 0.420. The van der Waals surface area contributed by atoms with Gasteiger partial charge in [0.2, 0.25) is 5.88 Å². The highest BCUT2D eigenvalue weighted by Gasteiger charge is 2.17. The Morgan fingerprint density at radius 1 is 1.35 bits per heavy atom. The van der Waals surface area contributed by atoms with E-state index < -0.39 is 5.82 Å². The van der Waals surface area contributed by atoms with Crippen molar-refractivity contribution in [1.29, 1.82) is 0 Å². The molecule has 7 heteroatoms. The lowest BCUT2D eigenvalue weighted by Crippen LogP contribution is -2.15. The van der Waals surface area contributed by atoms with E-state index >= 15 is 0 Å². The Balaban J connectivity index is 2.48. The van der Waals surface area contributed by atoms with Gasteiger partial charge in [0, 0.05) is 4.47 Å². The molecule has 2 aromatic rings. The molecule has 0 spiro atoms. The van der Waals surface area contributed by atoms with Gasteiger partial charge in [-0.05, 0) is 37.6 Å². The molecular formula is C13H11BrFN3OS. The maximum Gasteiger partial charge on any atom is 0.249 e. The molecule has 0 aliphatic carbocycles. The summed E-state index contributed by atoms with van der Waals surface area (Å²) in [5.74, 6) is -0.390. The van der Waals surface area contributed by atoms with Crippen LogP contribution >= 0.6 is 28.1 Å². The number of thiocarbonyl (C=S) groups is 1. The Morgan fingerprint density at radius 3 is 2.65 bits per heavy atom. The molecule has 4 nitrogen and oxygen atoms in total. The molecule has 0 fully saturated rings. The van der Waals surface area contributed by atoms with Gasteiger partial charge in [-0.2, -0.15) is 5.10 Å². The van der Waals surface area contributed by atoms with Gasteiger partial charge in [0.25, 0.3) is 0 Å². The van der Waals surface area contributed by atoms with Gasteiger partial charge in [-0.25, -0.2) is 4.39 Å². The third-order valence-corrected chi connectivity index (χ3v) is 3.47. The fourth-order valence-electron chi connectivity index (χ4n) is 1.61. The van der Waals surface area contributed by atoms with Crippen LogP contribution in [0.25, 0.3) is 0 Å². The first-order chi connectivity index (χ1) is 9.40. The summed E-state index contributed by atoms with van der Waals surface area (Å²) in [7, 11) is 0. The molecule has 20 heavy (non-hydrogen) atoms. The molecule has 104 valence electrons. The number of hydrogen-bond acceptors (Lipinski definition) is 4. The molecule has 0 aliphatic rings. The van der Waals surface area contributed by atoms with Crippen molar-refractivity contribution < 1.29 is 9.13 Å². The summed E-state index contributed by atoms with van der Waals surface area (Å²) in [5.41, 5.74) is 7.60. The van der Waals surface area contributed by atoms with Crippen LogP contribution in [0.2, 0.25) is 0 Å². The normalized spacial score (nSPS) is 10.4. The van der Waals surface area contributed by atoms with E-state index in [0.717, 1.165) is 5.56 Å². The van der Waals surface area contributed by atoms with Crippen molar-refractivity contribution in [2.24, 2.45) is 5.73 Å². The number of halogens is 2. The van der Waals surface area contributed by atoms with Crippen LogP contribution in [0.3, 0.4) is 0 Å². The van der Waals surface area contributed by atoms with Crippen LogP contribution in [0.4, 0.5) is 4.39 Å². The van der Waals surface area contributed by atoms with Crippen molar-refractivity contribution in [1.82, 2.24) is 10.2 Å². The zero-order chi connectivity index (χ0) is 14.9. The zero-order valence-electron chi connectivity index (χ0n) is 10.8. The fraction of sp³-hybridized carbons (Fsp3) is 0.154. The minimum atomic E-state index is -0.520. The molecule has 1 heterocycles. The molecular weight excluding hydrogens is 345 g/mol. The van der Waals surface area contributed by atoms with Gasteiger partial charge in [-0.1, -0.05) is 28.1 Å². The van der Waals surface area contributed by atoms with E-state index in [1.54, 1.807) is 13.0 Å². The molecule has 1 aromatic heterocycles. The van der Waals surface area contributed by atoms with Crippen LogP contribution in [-0.4, -0.2) is 15.2 Å². The average Bonchev–Trinajstić information content (AvgIpc) is 2.36. The molecule has 2 N–H and O–H groups in total. The van der Waals surface area contributed by atoms with Crippen LogP contribution in [0.5, 0.6) is 11.6 Å². The Bertz CT molecular complexity index is 694. The van der Waals surface area contributed by atoms with E-state index in [-0.39, 0.29) is 16.6 Å². The molecule has 1 aromatic carbocycles. The second-order valence-electron chi connectivity index (χ2n) is 4.13. The van der Waals surface area contributed by atoms with Crippen molar-refractivity contribution in [3.8, 4) is 11.6 Å². The maximum absolute atomic E-state index is 13.8. The van der Waals surface area contributed by atoms with Crippen LogP contribution < -0.4 is 10.5 Å². The number of nitrogens with two attached hydrogens (primary N) is 1. The van der Waals surface area contributed by atoms with Gasteiger partial charge >= 0.3 is 0 Å². The molecule has 0 saturated heterocycles. The van der Waals surface area contributed by atoms with Crippen LogP contribution in [0.15, 0.2) is 22.7 Å². The number of aromatic nitrogens is 2. The van der Waals surface area contributed by atoms with Gasteiger partial charge in [0.05, 0.1) is 11.3 Å². The number of nitrogens with zero attached hydrogens (tertiary/aromatic N) is 2. The van der Waals surface area contributed by atoms with Gasteiger partial charge in [-0.15, -0.1) is 5.10 Å². The summed E-state index contributed by atoms with van der Waals surface area (Å²) < 4.78 is 19.9. The van der Waals surface area contributed by atoms with Crippen molar-refractivity contribution in [2.75, 3.05) is 0 Å². The number of ether oxygens (including phenoxy) is 1. The zero-order valence-corrected chi connectivity index (χ0v) is 13.2. The average molecular weight is 356 g/mol. The monoisotopic (exact) mass is 355 g/mol. The van der Waals surface area contributed by atoms with E-state index in [0.29, 0.717) is 15.7 Å². The highest BCUT2D eigenvalue weighted by atomic mass is 79.9. The molecule has 0 unspecified atom stereocenters. The first kappa shape index (κ1) is 14.8. The number of benzene rings is 1. The van der Waals surface area contributed by atoms with Gasteiger partial charge in [0.15, 0.2) is 11.6 Å². The van der Waals surface area contributed by atoms with E-state index in [1.807, 2.05) is 6.92 Å². The number of aryl methyl sites for hydroxylation is 1. The largest absolute Gasteiger partial charge is 0.434 e. The second kappa shape index (κ2) is 5.80. The van der Waals surface area contributed by atoms with Crippen molar-refractivity contribution >= 4 is 33.1 Å². The van der Waals surface area contributed by atoms with E-state index in [2.05, 4.69) is 26.1 Å². The summed E-state index contributed by atoms with van der Waals surface area (Å²) in [6.07, 6.45) is 0. The van der Waals surface area contributed by atoms with Crippen molar-refractivity contribution in [3.05, 3.63) is 45.3 Å². The highest BCUT2D eigenvalue weighted by Crippen LogP contribution is 2.29. The molecule has 0 radical (unpaired) electrons. The Hall–Kier alpha value is -1.60. The standard InChI is InChI=1S/C13H11BrFN3OS/c1-6-7(2)17-18-13(11(6)12(16)20)19-10-4-3-8(14)5-9(10)15/h3-5H,1-2H3,(H2,16,20). The minimum absolute atomic E-state index is 0.0308. The van der Waals surface area contributed by atoms with Gasteiger partial charge in [-0.3, -0.25) is 0 Å². The predicted octanol–water partition coefficient (Wildman–Crippen LogP) is 3.42. The van der Waals surface area contributed by atoms with Crippen molar-refractivity contribution in [3.63, 3.8) is 0 Å². The summed E-state index contributed by atoms with van der Waals surface area (Å²) in [6.45, 7) is 3.59. The highest BCUT2D eigenvalue weighted by molar-refractivity contribution is 9.10. The van der Waals surface area contributed by atoms with Gasteiger partial charge < -0.3 is 10.5 Å². The Morgan fingerprint density at radius 2 is 2.05 bits per heavy atom. The summed E-state index contributed by atoms with van der Waals surface area (Å²) in [6, 6.07) is 4.44. The van der Waals surface area contributed by atoms with Gasteiger partial charge in [0.1, 0.15) is 4.99 Å². The topological polar surface area (TPSA) is 61.0 Å². The van der Waals surface area contributed by atoms with E-state index in [9.17, 15) is 4.39 Å². The third kappa shape index (κ3) is 2.94. The summed E-state index contributed by atoms with van der Waals surface area (Å²) >= 11 is 8.17. The molecule has 0 aliphatic heterocycles. The lowest BCUT2D eigenvalue weighted by atomic mass is 10.1. The second-order valence-corrected chi connectivity index (χ2v) is 5.49. The summed E-state index contributed by atoms with van der Waals surface area (Å²) in [4.78, 5) is 0.132. The fourth-order valence-corrected chi connectivity index (χ4v) is 2.18. The molecule has 0 saturated carbocycles. The smallest absolute Gasteiger partial charge is 0.249 e. The minimum Gasteiger partial charge on any atom is -0.434 e. The SMILES string of the molecule is Cc1nnc(Oc2ccc(Br)cc2F)c(C(N)=S)c1C. The predicted molar refractivity (Wildman–Crippen MR) is 81.6 cm³/mol. The first-order valence-electron chi connectivity index (χ1n) is 5.66. The third-order valence-electron chi connectivity index (χ3n) is 2.77. The van der Waals surface area contributed by atoms with E-state index in [1.165, 1.54) is 12.1 Å². The van der Waals surface area contributed by atoms with Crippen LogP contribution in [0, 0.1) is 19.7 Å². The Labute approximate surface area is 129 Å². The quantitative estimate of drug-likeness (QED) is 0.854. The first-order valence-corrected chi connectivity index (χ1v) is 6.87. The maximum atomic E-state index is 13.8.